The largest absolute Gasteiger partial charge is 0.479 e. The number of carbonyl (C=O) groups excluding carboxylic acids is 1. The van der Waals surface area contributed by atoms with Gasteiger partial charge in [0.15, 0.2) is 6.10 Å². The Balaban J connectivity index is 2.58. The number of carbonyl (C=O) groups is 2. The lowest BCUT2D eigenvalue weighted by molar-refractivity contribution is -0.147. The average molecular weight is 429 g/mol. The first-order valence-electron chi connectivity index (χ1n) is 11.2. The Morgan fingerprint density at radius 3 is 2.59 bits per heavy atom. The fourth-order valence-electron chi connectivity index (χ4n) is 4.08. The summed E-state index contributed by atoms with van der Waals surface area (Å²) in [6.07, 6.45) is 12.2. The lowest BCUT2D eigenvalue weighted by Gasteiger charge is -2.21. The number of carboxylic acids is 1. The standard InChI is InChI=1S/C23H40O5S/c1-3-4-6-9-17(2)12-13-19-18(21(26)16-22(19)29-15-14-24)10-7-5-8-11-20(25)23(27)28/h12-13,17-20,22,24-25H,3-11,14-16H2,1-2H3,(H,27,28)/t17-,18-,19-,20?,22+/m1/s1. The van der Waals surface area contributed by atoms with Gasteiger partial charge in [-0.25, -0.2) is 4.79 Å². The van der Waals surface area contributed by atoms with Gasteiger partial charge in [0, 0.05) is 23.3 Å². The zero-order valence-corrected chi connectivity index (χ0v) is 18.9. The van der Waals surface area contributed by atoms with E-state index in [1.54, 1.807) is 11.8 Å². The van der Waals surface area contributed by atoms with Crippen molar-refractivity contribution in [2.75, 3.05) is 12.4 Å². The molecule has 0 radical (unpaired) electrons. The quantitative estimate of drug-likeness (QED) is 0.248. The monoisotopic (exact) mass is 428 g/mol. The van der Waals surface area contributed by atoms with E-state index in [0.717, 1.165) is 19.3 Å². The van der Waals surface area contributed by atoms with Crippen molar-refractivity contribution in [2.24, 2.45) is 17.8 Å². The summed E-state index contributed by atoms with van der Waals surface area (Å²) in [6, 6.07) is 0. The lowest BCUT2D eigenvalue weighted by atomic mass is 9.88. The molecule has 0 aromatic rings. The van der Waals surface area contributed by atoms with E-state index in [1.165, 1.54) is 25.7 Å². The first kappa shape index (κ1) is 26.2. The van der Waals surface area contributed by atoms with Crippen LogP contribution in [0.3, 0.4) is 0 Å². The minimum absolute atomic E-state index is 0.0229. The van der Waals surface area contributed by atoms with E-state index in [0.29, 0.717) is 30.3 Å². The van der Waals surface area contributed by atoms with Gasteiger partial charge in [-0.15, -0.1) is 0 Å². The maximum Gasteiger partial charge on any atom is 0.332 e. The lowest BCUT2D eigenvalue weighted by Crippen LogP contribution is -2.19. The summed E-state index contributed by atoms with van der Waals surface area (Å²) >= 11 is 1.70. The molecular weight excluding hydrogens is 388 g/mol. The Kier molecular flexibility index (Phi) is 13.6. The maximum atomic E-state index is 12.6. The molecule has 0 aromatic carbocycles. The van der Waals surface area contributed by atoms with Crippen LogP contribution in [0.4, 0.5) is 0 Å². The minimum atomic E-state index is -1.28. The number of Topliss-reactive ketones (excluding diaryl/α,β-unsaturated/α-hetero) is 1. The molecule has 5 atom stereocenters. The van der Waals surface area contributed by atoms with Gasteiger partial charge in [0.05, 0.1) is 6.61 Å². The highest BCUT2D eigenvalue weighted by molar-refractivity contribution is 8.00. The van der Waals surface area contributed by atoms with E-state index in [2.05, 4.69) is 26.0 Å². The smallest absolute Gasteiger partial charge is 0.332 e. The Morgan fingerprint density at radius 2 is 1.93 bits per heavy atom. The summed E-state index contributed by atoms with van der Waals surface area (Å²) in [5.41, 5.74) is 0. The molecule has 1 rings (SSSR count). The van der Waals surface area contributed by atoms with Crippen molar-refractivity contribution in [1.82, 2.24) is 0 Å². The van der Waals surface area contributed by atoms with Crippen molar-refractivity contribution in [3.8, 4) is 0 Å². The molecule has 1 aliphatic carbocycles. The molecule has 1 aliphatic rings. The highest BCUT2D eigenvalue weighted by Gasteiger charge is 2.40. The SMILES string of the molecule is CCCCC[C@@H](C)C=C[C@H]1[C@@H](SCCO)CC(=O)[C@@H]1CCCCCC(O)C(=O)O. The molecule has 0 saturated heterocycles. The summed E-state index contributed by atoms with van der Waals surface area (Å²) in [5.74, 6) is 0.567. The number of allylic oxidation sites excluding steroid dienone is 2. The van der Waals surface area contributed by atoms with Gasteiger partial charge in [-0.3, -0.25) is 4.79 Å². The van der Waals surface area contributed by atoms with Crippen LogP contribution in [0.2, 0.25) is 0 Å². The molecule has 1 fully saturated rings. The number of ketones is 1. The van der Waals surface area contributed by atoms with Gasteiger partial charge in [-0.1, -0.05) is 64.5 Å². The first-order valence-corrected chi connectivity index (χ1v) is 12.3. The third-order valence-corrected chi connectivity index (χ3v) is 7.16. The second kappa shape index (κ2) is 15.0. The van der Waals surface area contributed by atoms with E-state index in [4.69, 9.17) is 5.11 Å². The van der Waals surface area contributed by atoms with Crippen molar-refractivity contribution in [1.29, 1.82) is 0 Å². The zero-order chi connectivity index (χ0) is 21.6. The number of carboxylic acid groups (broad SMARTS) is 1. The van der Waals surface area contributed by atoms with E-state index < -0.39 is 12.1 Å². The topological polar surface area (TPSA) is 94.8 Å². The van der Waals surface area contributed by atoms with E-state index in [1.807, 2.05) is 0 Å². The number of aliphatic hydroxyl groups excluding tert-OH is 2. The molecule has 168 valence electrons. The summed E-state index contributed by atoms with van der Waals surface area (Å²) in [5, 5.41) is 27.5. The minimum Gasteiger partial charge on any atom is -0.479 e. The molecule has 3 N–H and O–H groups in total. The average Bonchev–Trinajstić information content (AvgIpc) is 2.98. The third-order valence-electron chi connectivity index (χ3n) is 5.84. The second-order valence-electron chi connectivity index (χ2n) is 8.34. The normalized spacial score (nSPS) is 24.3. The van der Waals surface area contributed by atoms with Crippen molar-refractivity contribution in [3.05, 3.63) is 12.2 Å². The summed E-state index contributed by atoms with van der Waals surface area (Å²) in [4.78, 5) is 23.3. The Morgan fingerprint density at radius 1 is 1.21 bits per heavy atom. The van der Waals surface area contributed by atoms with E-state index in [9.17, 15) is 19.8 Å². The van der Waals surface area contributed by atoms with Crippen LogP contribution in [0.5, 0.6) is 0 Å². The number of thioether (sulfide) groups is 1. The maximum absolute atomic E-state index is 12.6. The molecule has 1 saturated carbocycles. The number of hydrogen-bond donors (Lipinski definition) is 3. The molecule has 1 unspecified atom stereocenters. The predicted molar refractivity (Wildman–Crippen MR) is 119 cm³/mol. The fraction of sp³-hybridized carbons (Fsp3) is 0.826. The summed E-state index contributed by atoms with van der Waals surface area (Å²) in [7, 11) is 0. The second-order valence-corrected chi connectivity index (χ2v) is 9.68. The molecule has 0 aliphatic heterocycles. The van der Waals surface area contributed by atoms with Gasteiger partial charge in [-0.05, 0) is 31.1 Å². The molecule has 0 aromatic heterocycles. The Hall–Kier alpha value is -0.850. The van der Waals surface area contributed by atoms with Gasteiger partial charge in [-0.2, -0.15) is 11.8 Å². The van der Waals surface area contributed by atoms with Crippen LogP contribution in [0.15, 0.2) is 12.2 Å². The van der Waals surface area contributed by atoms with E-state index in [-0.39, 0.29) is 30.1 Å². The highest BCUT2D eigenvalue weighted by Crippen LogP contribution is 2.41. The fourth-order valence-corrected chi connectivity index (χ4v) is 5.27. The molecule has 0 spiro atoms. The Labute approximate surface area is 180 Å². The predicted octanol–water partition coefficient (Wildman–Crippen LogP) is 4.45. The van der Waals surface area contributed by atoms with Crippen molar-refractivity contribution < 1.29 is 24.9 Å². The summed E-state index contributed by atoms with van der Waals surface area (Å²) < 4.78 is 0. The molecule has 5 nitrogen and oxygen atoms in total. The van der Waals surface area contributed by atoms with Crippen LogP contribution in [-0.4, -0.2) is 50.8 Å². The third kappa shape index (κ3) is 10.1. The van der Waals surface area contributed by atoms with Gasteiger partial charge in [0.25, 0.3) is 0 Å². The zero-order valence-electron chi connectivity index (χ0n) is 18.1. The number of rotatable bonds is 16. The van der Waals surface area contributed by atoms with Crippen molar-refractivity contribution in [2.45, 2.75) is 89.4 Å². The first-order chi connectivity index (χ1) is 13.9. The molecule has 29 heavy (non-hydrogen) atoms. The van der Waals surface area contributed by atoms with Gasteiger partial charge < -0.3 is 15.3 Å². The Bertz CT molecular complexity index is 507. The molecule has 0 bridgehead atoms. The number of aliphatic carboxylic acids is 1. The van der Waals surface area contributed by atoms with Crippen LogP contribution in [0, 0.1) is 17.8 Å². The molecule has 0 amide bonds. The van der Waals surface area contributed by atoms with Crippen LogP contribution >= 0.6 is 11.8 Å². The number of unbranched alkanes of at least 4 members (excludes halogenated alkanes) is 4. The van der Waals surface area contributed by atoms with E-state index >= 15 is 0 Å². The van der Waals surface area contributed by atoms with Crippen molar-refractivity contribution >= 4 is 23.5 Å². The van der Waals surface area contributed by atoms with Gasteiger partial charge >= 0.3 is 5.97 Å². The summed E-state index contributed by atoms with van der Waals surface area (Å²) in [6.45, 7) is 4.58. The van der Waals surface area contributed by atoms with Crippen LogP contribution in [0.25, 0.3) is 0 Å². The molecule has 6 heteroatoms. The van der Waals surface area contributed by atoms with Crippen LogP contribution in [0.1, 0.15) is 78.1 Å². The highest BCUT2D eigenvalue weighted by atomic mass is 32.2. The molecule has 0 heterocycles. The van der Waals surface area contributed by atoms with Gasteiger partial charge in [0.1, 0.15) is 5.78 Å². The number of hydrogen-bond acceptors (Lipinski definition) is 5. The molecular formula is C23H40O5S. The van der Waals surface area contributed by atoms with Crippen LogP contribution < -0.4 is 0 Å². The van der Waals surface area contributed by atoms with Crippen LogP contribution in [-0.2, 0) is 9.59 Å². The van der Waals surface area contributed by atoms with Gasteiger partial charge in [0.2, 0.25) is 0 Å². The van der Waals surface area contributed by atoms with Crippen molar-refractivity contribution in [3.63, 3.8) is 0 Å². The number of aliphatic hydroxyl groups is 2.